The summed E-state index contributed by atoms with van der Waals surface area (Å²) in [6.07, 6.45) is 1.39. The van der Waals surface area contributed by atoms with Gasteiger partial charge in [0.05, 0.1) is 11.5 Å². The van der Waals surface area contributed by atoms with Crippen LogP contribution in [0.1, 0.15) is 6.99 Å². The molecule has 1 aromatic rings. The summed E-state index contributed by atoms with van der Waals surface area (Å²) in [6, 6.07) is 6.50. The molecule has 0 aliphatic rings. The summed E-state index contributed by atoms with van der Waals surface area (Å²) in [5, 5.41) is 0. The van der Waals surface area contributed by atoms with Crippen LogP contribution in [0.4, 0.5) is 0 Å². The smallest absolute Gasteiger partial charge is 1.00 e. The van der Waals surface area contributed by atoms with Gasteiger partial charge in [0.25, 0.3) is 10.1 Å². The molecule has 0 radical (unpaired) electrons. The zero-order valence-electron chi connectivity index (χ0n) is 9.93. The first-order valence-corrected chi connectivity index (χ1v) is 5.54. The Morgan fingerprint density at radius 2 is 1.93 bits per heavy atom. The average molecular weight is 236 g/mol. The summed E-state index contributed by atoms with van der Waals surface area (Å²) in [5.41, 5.74) is 1.01. The molecule has 15 heavy (non-hydrogen) atoms. The zero-order valence-corrected chi connectivity index (χ0v) is 11.8. The van der Waals surface area contributed by atoms with Crippen LogP contribution in [0.3, 0.4) is 0 Å². The molecule has 0 aliphatic carbocycles. The molecule has 78 valence electrons. The van der Waals surface area contributed by atoms with Gasteiger partial charge in [0.15, 0.2) is 0 Å². The Kier molecular flexibility index (Phi) is 6.40. The van der Waals surface area contributed by atoms with Gasteiger partial charge in [-0.1, -0.05) is 23.8 Å². The van der Waals surface area contributed by atoms with E-state index in [1.807, 2.05) is 6.92 Å². The van der Waals surface area contributed by atoms with Crippen molar-refractivity contribution in [3.63, 3.8) is 0 Å². The van der Waals surface area contributed by atoms with E-state index in [-0.39, 0.29) is 42.5 Å². The van der Waals surface area contributed by atoms with Crippen molar-refractivity contribution in [2.75, 3.05) is 6.61 Å². The van der Waals surface area contributed by atoms with Gasteiger partial charge in [-0.25, -0.2) is 0 Å². The van der Waals surface area contributed by atoms with Gasteiger partial charge < -0.3 is 1.43 Å². The molecule has 0 unspecified atom stereocenters. The first kappa shape index (κ1) is 14.9. The van der Waals surface area contributed by atoms with E-state index >= 15 is 0 Å². The molecule has 0 bridgehead atoms. The topological polar surface area (TPSA) is 43.4 Å². The molecule has 0 heterocycles. The van der Waals surface area contributed by atoms with Crippen LogP contribution in [0.2, 0.25) is 0 Å². The third kappa shape index (κ3) is 4.49. The van der Waals surface area contributed by atoms with Crippen molar-refractivity contribution in [1.82, 2.24) is 0 Å². The quantitative estimate of drug-likeness (QED) is 0.383. The predicted octanol–water partition coefficient (Wildman–Crippen LogP) is -0.997. The van der Waals surface area contributed by atoms with Gasteiger partial charge in [-0.2, -0.15) is 8.42 Å². The molecule has 0 atom stereocenters. The van der Waals surface area contributed by atoms with Crippen LogP contribution in [0.5, 0.6) is 0 Å². The van der Waals surface area contributed by atoms with Gasteiger partial charge in [0, 0.05) is 0 Å². The van der Waals surface area contributed by atoms with E-state index in [2.05, 4.69) is 10.8 Å². The van der Waals surface area contributed by atoms with Gasteiger partial charge in [-0.05, 0) is 19.1 Å². The normalized spacial score (nSPS) is 10.5. The molecule has 0 spiro atoms. The Labute approximate surface area is 114 Å². The van der Waals surface area contributed by atoms with E-state index in [4.69, 9.17) is 0 Å². The number of aryl methyl sites for hydroxylation is 1. The SMILES string of the molecule is C=CCOS(=O)(=O)c1ccc(C)cc1.[H-].[Na+]. The monoisotopic (exact) mass is 236 g/mol. The maximum atomic E-state index is 11.4. The van der Waals surface area contributed by atoms with E-state index in [1.165, 1.54) is 18.2 Å². The molecule has 0 aliphatic heterocycles. The Bertz CT molecular complexity index is 414. The van der Waals surface area contributed by atoms with Crippen molar-refractivity contribution in [2.24, 2.45) is 0 Å². The van der Waals surface area contributed by atoms with Crippen LogP contribution in [0, 0.1) is 6.92 Å². The fourth-order valence-corrected chi connectivity index (χ4v) is 1.79. The minimum absolute atomic E-state index is 0. The Morgan fingerprint density at radius 1 is 1.40 bits per heavy atom. The molecule has 3 nitrogen and oxygen atoms in total. The van der Waals surface area contributed by atoms with Crippen LogP contribution in [-0.2, 0) is 14.3 Å². The molecular formula is C10H13NaO3S. The second kappa shape index (κ2) is 6.45. The molecular weight excluding hydrogens is 223 g/mol. The number of hydrogen-bond donors (Lipinski definition) is 0. The molecule has 0 N–H and O–H groups in total. The molecule has 0 fully saturated rings. The predicted molar refractivity (Wildman–Crippen MR) is 55.6 cm³/mol. The van der Waals surface area contributed by atoms with Crippen LogP contribution in [-0.4, -0.2) is 15.0 Å². The van der Waals surface area contributed by atoms with E-state index in [1.54, 1.807) is 12.1 Å². The third-order valence-corrected chi connectivity index (χ3v) is 2.95. The Hall–Kier alpha value is -0.130. The van der Waals surface area contributed by atoms with Gasteiger partial charge in [-0.3, -0.25) is 4.18 Å². The summed E-state index contributed by atoms with van der Waals surface area (Å²) in [7, 11) is -3.61. The van der Waals surface area contributed by atoms with E-state index < -0.39 is 10.1 Å². The van der Waals surface area contributed by atoms with Crippen molar-refractivity contribution in [3.05, 3.63) is 42.5 Å². The summed E-state index contributed by atoms with van der Waals surface area (Å²) in [5.74, 6) is 0. The van der Waals surface area contributed by atoms with Crippen molar-refractivity contribution < 1.29 is 43.6 Å². The number of hydrogen-bond acceptors (Lipinski definition) is 3. The van der Waals surface area contributed by atoms with E-state index in [0.717, 1.165) is 5.56 Å². The van der Waals surface area contributed by atoms with Gasteiger partial charge in [0.1, 0.15) is 0 Å². The minimum atomic E-state index is -3.61. The number of rotatable bonds is 4. The molecule has 0 aromatic heterocycles. The second-order valence-corrected chi connectivity index (χ2v) is 4.46. The Balaban J connectivity index is 0. The van der Waals surface area contributed by atoms with Crippen molar-refractivity contribution in [2.45, 2.75) is 11.8 Å². The van der Waals surface area contributed by atoms with Crippen LogP contribution in [0.15, 0.2) is 41.8 Å². The van der Waals surface area contributed by atoms with Crippen molar-refractivity contribution in [3.8, 4) is 0 Å². The van der Waals surface area contributed by atoms with E-state index in [9.17, 15) is 8.42 Å². The summed E-state index contributed by atoms with van der Waals surface area (Å²) in [6.45, 7) is 5.27. The number of benzene rings is 1. The standard InChI is InChI=1S/C10H12O3S.Na.H/c1-3-8-13-14(11,12)10-6-4-9(2)5-7-10;;/h3-7H,1,8H2,2H3;;/q;+1;-1. The Morgan fingerprint density at radius 3 is 2.40 bits per heavy atom. The van der Waals surface area contributed by atoms with E-state index in [0.29, 0.717) is 0 Å². The van der Waals surface area contributed by atoms with Crippen molar-refractivity contribution >= 4 is 10.1 Å². The summed E-state index contributed by atoms with van der Waals surface area (Å²) in [4.78, 5) is 0.171. The summed E-state index contributed by atoms with van der Waals surface area (Å²) < 4.78 is 27.5. The average Bonchev–Trinajstić information content (AvgIpc) is 2.16. The first-order chi connectivity index (χ1) is 6.56. The largest absolute Gasteiger partial charge is 1.00 e. The zero-order chi connectivity index (χ0) is 10.6. The molecule has 0 saturated carbocycles. The fourth-order valence-electron chi connectivity index (χ4n) is 0.911. The molecule has 1 aromatic carbocycles. The fraction of sp³-hybridized carbons (Fsp3) is 0.200. The third-order valence-electron chi connectivity index (χ3n) is 1.65. The molecule has 5 heteroatoms. The maximum absolute atomic E-state index is 11.4. The van der Waals surface area contributed by atoms with Gasteiger partial charge in [-0.15, -0.1) is 6.58 Å². The second-order valence-electron chi connectivity index (χ2n) is 2.84. The molecule has 0 amide bonds. The van der Waals surface area contributed by atoms with Crippen LogP contribution >= 0.6 is 0 Å². The molecule has 1 rings (SSSR count). The van der Waals surface area contributed by atoms with Crippen LogP contribution < -0.4 is 29.6 Å². The molecule has 0 saturated heterocycles. The maximum Gasteiger partial charge on any atom is 1.00 e. The van der Waals surface area contributed by atoms with Gasteiger partial charge >= 0.3 is 29.6 Å². The first-order valence-electron chi connectivity index (χ1n) is 4.13. The van der Waals surface area contributed by atoms with Crippen LogP contribution in [0.25, 0.3) is 0 Å². The van der Waals surface area contributed by atoms with Gasteiger partial charge in [0.2, 0.25) is 0 Å². The summed E-state index contributed by atoms with van der Waals surface area (Å²) >= 11 is 0. The van der Waals surface area contributed by atoms with Crippen molar-refractivity contribution in [1.29, 1.82) is 0 Å². The minimum Gasteiger partial charge on any atom is -1.00 e.